The maximum absolute atomic E-state index is 12.6. The molecule has 0 atom stereocenters. The minimum atomic E-state index is -0.484. The number of hydrogen-bond acceptors (Lipinski definition) is 7. The summed E-state index contributed by atoms with van der Waals surface area (Å²) in [6.07, 6.45) is 1.51. The van der Waals surface area contributed by atoms with Crippen molar-refractivity contribution in [1.82, 2.24) is 4.90 Å². The zero-order valence-electron chi connectivity index (χ0n) is 16.2. The molecule has 1 aliphatic heterocycles. The Kier molecular flexibility index (Phi) is 6.39. The minimum Gasteiger partial charge on any atom is -0.491 e. The van der Waals surface area contributed by atoms with Crippen LogP contribution >= 0.6 is 23.1 Å². The molecule has 1 fully saturated rings. The van der Waals surface area contributed by atoms with Crippen LogP contribution in [0.15, 0.2) is 35.2 Å². The molecule has 2 aromatic rings. The van der Waals surface area contributed by atoms with Gasteiger partial charge in [-0.15, -0.1) is 0 Å². The largest absolute Gasteiger partial charge is 0.491 e. The maximum Gasteiger partial charge on any atom is 0.324 e. The van der Waals surface area contributed by atoms with Crippen molar-refractivity contribution in [2.24, 2.45) is 0 Å². The Morgan fingerprint density at radius 2 is 2.00 bits per heavy atom. The number of rotatable bonds is 7. The fourth-order valence-electron chi connectivity index (χ4n) is 2.83. The molecule has 0 N–H and O–H groups in total. The molecule has 29 heavy (non-hydrogen) atoms. The van der Waals surface area contributed by atoms with Crippen LogP contribution in [0.1, 0.15) is 35.8 Å². The van der Waals surface area contributed by atoms with Crippen molar-refractivity contribution in [2.75, 3.05) is 13.2 Å². The smallest absolute Gasteiger partial charge is 0.324 e. The molecule has 1 aromatic heterocycles. The van der Waals surface area contributed by atoms with Crippen molar-refractivity contribution < 1.29 is 19.2 Å². The summed E-state index contributed by atoms with van der Waals surface area (Å²) in [6.45, 7) is 6.46. The fourth-order valence-corrected chi connectivity index (χ4v) is 4.53. The van der Waals surface area contributed by atoms with E-state index < -0.39 is 10.8 Å². The van der Waals surface area contributed by atoms with Gasteiger partial charge in [-0.2, -0.15) is 0 Å². The summed E-state index contributed by atoms with van der Waals surface area (Å²) < 4.78 is 5.87. The van der Waals surface area contributed by atoms with E-state index in [4.69, 9.17) is 4.74 Å². The Labute approximate surface area is 176 Å². The van der Waals surface area contributed by atoms with Gasteiger partial charge in [-0.05, 0) is 53.9 Å². The quantitative estimate of drug-likeness (QED) is 0.339. The Morgan fingerprint density at radius 3 is 2.66 bits per heavy atom. The van der Waals surface area contributed by atoms with E-state index in [9.17, 15) is 19.7 Å². The van der Waals surface area contributed by atoms with Crippen molar-refractivity contribution in [1.29, 1.82) is 0 Å². The van der Waals surface area contributed by atoms with Crippen molar-refractivity contribution in [2.45, 2.75) is 26.7 Å². The zero-order chi connectivity index (χ0) is 21.1. The third-order valence-electron chi connectivity index (χ3n) is 4.30. The van der Waals surface area contributed by atoms with E-state index >= 15 is 0 Å². The lowest BCUT2D eigenvalue weighted by atomic mass is 10.0. The number of benzene rings is 1. The van der Waals surface area contributed by atoms with E-state index in [1.165, 1.54) is 12.1 Å². The van der Waals surface area contributed by atoms with Gasteiger partial charge < -0.3 is 4.74 Å². The molecule has 2 amide bonds. The Bertz CT molecular complexity index is 997. The van der Waals surface area contributed by atoms with Crippen LogP contribution in [0.5, 0.6) is 5.75 Å². The van der Waals surface area contributed by atoms with Gasteiger partial charge in [-0.25, -0.2) is 0 Å². The summed E-state index contributed by atoms with van der Waals surface area (Å²) in [6, 6.07) is 8.94. The number of thiophene rings is 1. The van der Waals surface area contributed by atoms with Crippen LogP contribution in [0.3, 0.4) is 0 Å². The Morgan fingerprint density at radius 1 is 1.24 bits per heavy atom. The summed E-state index contributed by atoms with van der Waals surface area (Å²) in [7, 11) is 0. The average Bonchev–Trinajstić information content (AvgIpc) is 3.22. The lowest BCUT2D eigenvalue weighted by molar-refractivity contribution is -0.380. The molecule has 3 rings (SSSR count). The van der Waals surface area contributed by atoms with Gasteiger partial charge in [0, 0.05) is 10.9 Å². The molecule has 2 heterocycles. The molecular weight excluding hydrogens is 412 g/mol. The highest BCUT2D eigenvalue weighted by atomic mass is 32.2. The summed E-state index contributed by atoms with van der Waals surface area (Å²) in [5.74, 6) is 0.641. The van der Waals surface area contributed by atoms with Gasteiger partial charge in [-0.3, -0.25) is 24.6 Å². The number of carbonyl (C=O) groups is 2. The number of amides is 2. The van der Waals surface area contributed by atoms with E-state index in [0.717, 1.165) is 44.9 Å². The van der Waals surface area contributed by atoms with Crippen LogP contribution < -0.4 is 4.74 Å². The number of imide groups is 1. The van der Waals surface area contributed by atoms with Crippen molar-refractivity contribution in [3.05, 3.63) is 61.4 Å². The van der Waals surface area contributed by atoms with Gasteiger partial charge in [0.15, 0.2) is 0 Å². The molecule has 0 unspecified atom stereocenters. The van der Waals surface area contributed by atoms with Crippen LogP contribution in [0.2, 0.25) is 0 Å². The monoisotopic (exact) mass is 432 g/mol. The van der Waals surface area contributed by atoms with Gasteiger partial charge in [0.05, 0.1) is 16.4 Å². The summed E-state index contributed by atoms with van der Waals surface area (Å²) >= 11 is 1.79. The predicted octanol–water partition coefficient (Wildman–Crippen LogP) is 5.20. The topological polar surface area (TPSA) is 89.8 Å². The zero-order valence-corrected chi connectivity index (χ0v) is 17.8. The third kappa shape index (κ3) is 4.86. The van der Waals surface area contributed by atoms with Crippen molar-refractivity contribution in [3.8, 4) is 5.75 Å². The fraction of sp³-hybridized carbons (Fsp3) is 0.300. The number of carbonyl (C=O) groups excluding carboxylic acids is 2. The molecule has 0 radical (unpaired) electrons. The first-order valence-corrected chi connectivity index (χ1v) is 10.6. The molecule has 1 aliphatic rings. The average molecular weight is 433 g/mol. The number of nitro groups is 1. The number of ether oxygens (including phenoxy) is 1. The molecule has 0 bridgehead atoms. The molecular formula is C20H20N2O5S2. The van der Waals surface area contributed by atoms with Gasteiger partial charge in [0.1, 0.15) is 12.4 Å². The van der Waals surface area contributed by atoms with Crippen LogP contribution in [0.25, 0.3) is 6.08 Å². The lowest BCUT2D eigenvalue weighted by Crippen LogP contribution is -2.32. The summed E-state index contributed by atoms with van der Waals surface area (Å²) in [5, 5.41) is 10.4. The van der Waals surface area contributed by atoms with Gasteiger partial charge in [0.25, 0.3) is 11.1 Å². The van der Waals surface area contributed by atoms with Crippen LogP contribution in [0.4, 0.5) is 9.80 Å². The molecule has 0 spiro atoms. The number of thioether (sulfide) groups is 1. The lowest BCUT2D eigenvalue weighted by Gasteiger charge is -2.17. The molecule has 0 aliphatic carbocycles. The van der Waals surface area contributed by atoms with Gasteiger partial charge in [-0.1, -0.05) is 37.3 Å². The van der Waals surface area contributed by atoms with Crippen molar-refractivity contribution >= 4 is 45.3 Å². The normalized spacial score (nSPS) is 15.6. The summed E-state index contributed by atoms with van der Waals surface area (Å²) in [5.41, 5.74) is 2.15. The molecule has 0 saturated carbocycles. The van der Waals surface area contributed by atoms with Crippen LogP contribution in [0, 0.1) is 17.0 Å². The van der Waals surface area contributed by atoms with E-state index in [-0.39, 0.29) is 28.3 Å². The van der Waals surface area contributed by atoms with Crippen LogP contribution in [-0.2, 0) is 4.79 Å². The van der Waals surface area contributed by atoms with E-state index in [1.54, 1.807) is 6.07 Å². The molecule has 1 saturated heterocycles. The second-order valence-corrected chi connectivity index (χ2v) is 8.90. The standard InChI is InChI=1S/C20H20N2O5S2/c1-12(2)15-6-4-13(3)10-16(15)27-9-8-21-19(23)17(29-20(21)24)11-14-5-7-18(28-14)22(25)26/h4-7,10-12H,8-9H2,1-3H3/b17-11-. The highest BCUT2D eigenvalue weighted by Gasteiger charge is 2.35. The number of aryl methyl sites for hydroxylation is 1. The first kappa shape index (κ1) is 21.1. The second-order valence-electron chi connectivity index (χ2n) is 6.81. The Balaban J connectivity index is 1.66. The maximum atomic E-state index is 12.6. The first-order chi connectivity index (χ1) is 13.8. The highest BCUT2D eigenvalue weighted by Crippen LogP contribution is 2.35. The van der Waals surface area contributed by atoms with Crippen molar-refractivity contribution in [3.63, 3.8) is 0 Å². The van der Waals surface area contributed by atoms with E-state index in [2.05, 4.69) is 13.8 Å². The summed E-state index contributed by atoms with van der Waals surface area (Å²) in [4.78, 5) is 37.1. The highest BCUT2D eigenvalue weighted by molar-refractivity contribution is 8.18. The number of hydrogen-bond donors (Lipinski definition) is 0. The number of nitrogens with zero attached hydrogens (tertiary/aromatic N) is 2. The van der Waals surface area contributed by atoms with Gasteiger partial charge >= 0.3 is 5.00 Å². The molecule has 1 aromatic carbocycles. The molecule has 9 heteroatoms. The van der Waals surface area contributed by atoms with Gasteiger partial charge in [0.2, 0.25) is 0 Å². The predicted molar refractivity (Wildman–Crippen MR) is 114 cm³/mol. The molecule has 7 nitrogen and oxygen atoms in total. The minimum absolute atomic E-state index is 0.0111. The van der Waals surface area contributed by atoms with E-state index in [0.29, 0.717) is 10.8 Å². The first-order valence-electron chi connectivity index (χ1n) is 8.99. The molecule has 152 valence electrons. The second kappa shape index (κ2) is 8.79. The van der Waals surface area contributed by atoms with Crippen LogP contribution in [-0.4, -0.2) is 34.1 Å². The SMILES string of the molecule is Cc1ccc(C(C)C)c(OCCN2C(=O)S/C(=C\c3ccc([N+](=O)[O-])s3)C2=O)c1. The Hall–Kier alpha value is -2.65. The van der Waals surface area contributed by atoms with E-state index in [1.807, 2.05) is 25.1 Å². The third-order valence-corrected chi connectivity index (χ3v) is 6.19.